The zero-order chi connectivity index (χ0) is 10.9. The van der Waals surface area contributed by atoms with E-state index in [9.17, 15) is 0 Å². The minimum Gasteiger partial charge on any atom is -0.319 e. The van der Waals surface area contributed by atoms with Gasteiger partial charge in [-0.05, 0) is 54.2 Å². The Labute approximate surface area is 109 Å². The highest BCUT2D eigenvalue weighted by Crippen LogP contribution is 2.40. The second-order valence-corrected chi connectivity index (χ2v) is 7.40. The molecule has 1 aromatic rings. The molecule has 0 unspecified atom stereocenters. The van der Waals surface area contributed by atoms with Crippen LogP contribution in [-0.2, 0) is 5.54 Å². The summed E-state index contributed by atoms with van der Waals surface area (Å²) in [5.74, 6) is 0.890. The predicted octanol–water partition coefficient (Wildman–Crippen LogP) is 3.50. The van der Waals surface area contributed by atoms with Crippen LogP contribution in [0, 0.1) is 8.80 Å². The molecule has 0 atom stereocenters. The average Bonchev–Trinajstić information content (AvgIpc) is 2.67. The number of nitrogens with two attached hydrogens (primary N) is 1. The first-order chi connectivity index (χ1) is 7.14. The normalized spacial score (nSPS) is 31.8. The Kier molecular flexibility index (Phi) is 3.67. The van der Waals surface area contributed by atoms with Crippen LogP contribution in [0.25, 0.3) is 0 Å². The Morgan fingerprint density at radius 2 is 2.27 bits per heavy atom. The van der Waals surface area contributed by atoms with E-state index in [1.165, 1.54) is 22.1 Å². The monoisotopic (exact) mass is 336 g/mol. The van der Waals surface area contributed by atoms with Crippen LogP contribution < -0.4 is 5.73 Å². The van der Waals surface area contributed by atoms with E-state index in [2.05, 4.69) is 34.5 Å². The highest BCUT2D eigenvalue weighted by atomic mass is 127. The molecule has 0 saturated heterocycles. The number of hydrogen-bond donors (Lipinski definition) is 1. The maximum Gasteiger partial charge on any atom is 0.113 e. The first kappa shape index (κ1) is 11.8. The molecule has 0 bridgehead atoms. The fraction of sp³-hybridized carbons (Fsp3) is 0.727. The zero-order valence-electron chi connectivity index (χ0n) is 9.00. The maximum atomic E-state index is 6.46. The molecular weight excluding hydrogens is 319 g/mol. The van der Waals surface area contributed by atoms with Crippen LogP contribution in [0.3, 0.4) is 0 Å². The second-order valence-electron chi connectivity index (χ2n) is 4.48. The molecule has 1 heterocycles. The molecule has 15 heavy (non-hydrogen) atoms. The van der Waals surface area contributed by atoms with Crippen molar-refractivity contribution in [1.82, 2.24) is 4.98 Å². The smallest absolute Gasteiger partial charge is 0.113 e. The standard InChI is InChI=1S/C11H17IN2S/c1-2-8-3-5-11(13,6-4-8)10-14-7-9(12)15-10/h7-8H,2-6,13H2,1H3. The van der Waals surface area contributed by atoms with E-state index in [1.807, 2.05) is 6.20 Å². The molecule has 1 aliphatic rings. The number of thiazole rings is 1. The lowest BCUT2D eigenvalue weighted by molar-refractivity contribution is 0.231. The van der Waals surface area contributed by atoms with Gasteiger partial charge in [-0.3, -0.25) is 0 Å². The van der Waals surface area contributed by atoms with Crippen molar-refractivity contribution in [2.75, 3.05) is 0 Å². The molecule has 1 aliphatic carbocycles. The summed E-state index contributed by atoms with van der Waals surface area (Å²) in [4.78, 5) is 4.45. The summed E-state index contributed by atoms with van der Waals surface area (Å²) in [6, 6.07) is 0. The third-order valence-electron chi connectivity index (χ3n) is 3.48. The van der Waals surface area contributed by atoms with Crippen LogP contribution >= 0.6 is 33.9 Å². The van der Waals surface area contributed by atoms with Gasteiger partial charge in [-0.25, -0.2) is 4.98 Å². The van der Waals surface area contributed by atoms with Gasteiger partial charge in [0.25, 0.3) is 0 Å². The van der Waals surface area contributed by atoms with E-state index in [1.54, 1.807) is 11.3 Å². The van der Waals surface area contributed by atoms with Gasteiger partial charge in [0.15, 0.2) is 0 Å². The van der Waals surface area contributed by atoms with Crippen molar-refractivity contribution in [2.45, 2.75) is 44.6 Å². The molecule has 0 aromatic carbocycles. The van der Waals surface area contributed by atoms with Crippen LogP contribution in [0.2, 0.25) is 0 Å². The Morgan fingerprint density at radius 3 is 2.73 bits per heavy atom. The van der Waals surface area contributed by atoms with E-state index in [4.69, 9.17) is 5.73 Å². The van der Waals surface area contributed by atoms with Crippen LogP contribution in [0.1, 0.15) is 44.0 Å². The molecule has 2 N–H and O–H groups in total. The Morgan fingerprint density at radius 1 is 1.60 bits per heavy atom. The van der Waals surface area contributed by atoms with Crippen LogP contribution in [-0.4, -0.2) is 4.98 Å². The van der Waals surface area contributed by atoms with Crippen molar-refractivity contribution >= 4 is 33.9 Å². The van der Waals surface area contributed by atoms with Gasteiger partial charge < -0.3 is 5.73 Å². The quantitative estimate of drug-likeness (QED) is 0.840. The van der Waals surface area contributed by atoms with Crippen LogP contribution in [0.15, 0.2) is 6.20 Å². The fourth-order valence-electron chi connectivity index (χ4n) is 2.30. The second kappa shape index (κ2) is 4.67. The van der Waals surface area contributed by atoms with Gasteiger partial charge >= 0.3 is 0 Å². The van der Waals surface area contributed by atoms with Crippen molar-refractivity contribution in [3.05, 3.63) is 14.1 Å². The van der Waals surface area contributed by atoms with Gasteiger partial charge in [-0.1, -0.05) is 13.3 Å². The Balaban J connectivity index is 2.09. The molecule has 0 aliphatic heterocycles. The molecule has 1 aromatic heterocycles. The average molecular weight is 336 g/mol. The molecule has 0 spiro atoms. The third-order valence-corrected chi connectivity index (χ3v) is 5.42. The lowest BCUT2D eigenvalue weighted by Crippen LogP contribution is -2.40. The summed E-state index contributed by atoms with van der Waals surface area (Å²) in [6.07, 6.45) is 7.98. The Hall–Kier alpha value is 0.320. The lowest BCUT2D eigenvalue weighted by atomic mass is 9.76. The van der Waals surface area contributed by atoms with Crippen molar-refractivity contribution in [2.24, 2.45) is 11.7 Å². The highest BCUT2D eigenvalue weighted by molar-refractivity contribution is 14.1. The van der Waals surface area contributed by atoms with Crippen LogP contribution in [0.4, 0.5) is 0 Å². The minimum absolute atomic E-state index is 0.125. The van der Waals surface area contributed by atoms with Gasteiger partial charge in [-0.15, -0.1) is 11.3 Å². The fourth-order valence-corrected chi connectivity index (χ4v) is 3.87. The number of rotatable bonds is 2. The highest BCUT2D eigenvalue weighted by Gasteiger charge is 2.34. The molecule has 0 amide bonds. The first-order valence-corrected chi connectivity index (χ1v) is 7.44. The largest absolute Gasteiger partial charge is 0.319 e. The van der Waals surface area contributed by atoms with E-state index in [-0.39, 0.29) is 5.54 Å². The summed E-state index contributed by atoms with van der Waals surface area (Å²) in [7, 11) is 0. The molecule has 1 saturated carbocycles. The van der Waals surface area contributed by atoms with Gasteiger partial charge in [0.1, 0.15) is 5.01 Å². The number of hydrogen-bond acceptors (Lipinski definition) is 3. The maximum absolute atomic E-state index is 6.46. The van der Waals surface area contributed by atoms with Crippen LogP contribution in [0.5, 0.6) is 0 Å². The van der Waals surface area contributed by atoms with E-state index in [0.29, 0.717) is 0 Å². The third kappa shape index (κ3) is 2.53. The van der Waals surface area contributed by atoms with Gasteiger partial charge in [0, 0.05) is 0 Å². The molecule has 84 valence electrons. The Bertz CT molecular complexity index is 329. The van der Waals surface area contributed by atoms with Gasteiger partial charge in [0.05, 0.1) is 14.6 Å². The number of aromatic nitrogens is 1. The van der Waals surface area contributed by atoms with Crippen molar-refractivity contribution in [3.63, 3.8) is 0 Å². The molecule has 4 heteroatoms. The summed E-state index contributed by atoms with van der Waals surface area (Å²) >= 11 is 4.07. The van der Waals surface area contributed by atoms with E-state index < -0.39 is 0 Å². The molecule has 2 nitrogen and oxygen atoms in total. The summed E-state index contributed by atoms with van der Waals surface area (Å²) < 4.78 is 1.24. The number of halogens is 1. The van der Waals surface area contributed by atoms with Crippen molar-refractivity contribution in [3.8, 4) is 0 Å². The molecular formula is C11H17IN2S. The topological polar surface area (TPSA) is 38.9 Å². The van der Waals surface area contributed by atoms with Crippen molar-refractivity contribution in [1.29, 1.82) is 0 Å². The summed E-state index contributed by atoms with van der Waals surface area (Å²) in [5.41, 5.74) is 6.33. The number of nitrogens with zero attached hydrogens (tertiary/aromatic N) is 1. The molecule has 2 rings (SSSR count). The molecule has 0 radical (unpaired) electrons. The van der Waals surface area contributed by atoms with Crippen molar-refractivity contribution < 1.29 is 0 Å². The van der Waals surface area contributed by atoms with E-state index in [0.717, 1.165) is 23.8 Å². The minimum atomic E-state index is -0.125. The van der Waals surface area contributed by atoms with Gasteiger partial charge in [-0.2, -0.15) is 0 Å². The first-order valence-electron chi connectivity index (χ1n) is 5.55. The molecule has 1 fully saturated rings. The zero-order valence-corrected chi connectivity index (χ0v) is 12.0. The van der Waals surface area contributed by atoms with Gasteiger partial charge in [0.2, 0.25) is 0 Å². The lowest BCUT2D eigenvalue weighted by Gasteiger charge is -2.35. The summed E-state index contributed by atoms with van der Waals surface area (Å²) in [6.45, 7) is 2.28. The summed E-state index contributed by atoms with van der Waals surface area (Å²) in [5, 5.41) is 1.14. The van der Waals surface area contributed by atoms with E-state index >= 15 is 0 Å². The SMILES string of the molecule is CCC1CCC(N)(c2ncc(I)s2)CC1. The predicted molar refractivity (Wildman–Crippen MR) is 72.9 cm³/mol.